The summed E-state index contributed by atoms with van der Waals surface area (Å²) in [6.07, 6.45) is 0. The summed E-state index contributed by atoms with van der Waals surface area (Å²) in [6, 6.07) is 15.8. The Balaban J connectivity index is 1.43. The number of phenolic OH excluding ortho intramolecular Hbond substituents is 1. The number of anilines is 2. The van der Waals surface area contributed by atoms with E-state index in [2.05, 4.69) is 20.8 Å². The maximum atomic E-state index is 12.6. The topological polar surface area (TPSA) is 104 Å². The molecule has 1 heterocycles. The fourth-order valence-electron chi connectivity index (χ4n) is 2.79. The zero-order chi connectivity index (χ0) is 23.5. The van der Waals surface area contributed by atoms with Gasteiger partial charge in [-0.1, -0.05) is 46.1 Å². The molecule has 2 amide bonds. The van der Waals surface area contributed by atoms with Crippen LogP contribution in [0.1, 0.15) is 20.7 Å². The number of benzene rings is 3. The Morgan fingerprint density at radius 3 is 2.03 bits per heavy atom. The van der Waals surface area contributed by atoms with E-state index in [0.717, 1.165) is 11.3 Å². The molecule has 0 saturated carbocycles. The lowest BCUT2D eigenvalue weighted by Gasteiger charge is -2.06. The van der Waals surface area contributed by atoms with Crippen LogP contribution in [0.15, 0.2) is 60.7 Å². The molecule has 7 nitrogen and oxygen atoms in total. The molecule has 0 aliphatic carbocycles. The fourth-order valence-corrected chi connectivity index (χ4v) is 4.17. The van der Waals surface area contributed by atoms with E-state index >= 15 is 0 Å². The molecule has 0 radical (unpaired) electrons. The molecule has 0 atom stereocenters. The highest BCUT2D eigenvalue weighted by Crippen LogP contribution is 2.39. The van der Waals surface area contributed by atoms with Crippen molar-refractivity contribution in [1.29, 1.82) is 0 Å². The van der Waals surface area contributed by atoms with Gasteiger partial charge >= 0.3 is 0 Å². The van der Waals surface area contributed by atoms with Crippen molar-refractivity contribution in [2.45, 2.75) is 0 Å². The summed E-state index contributed by atoms with van der Waals surface area (Å²) in [5.74, 6) is -0.934. The molecule has 0 unspecified atom stereocenters. The van der Waals surface area contributed by atoms with Crippen LogP contribution in [0, 0.1) is 0 Å². The zero-order valence-corrected chi connectivity index (χ0v) is 19.6. The van der Waals surface area contributed by atoms with E-state index in [9.17, 15) is 14.7 Å². The summed E-state index contributed by atoms with van der Waals surface area (Å²) < 4.78 is 0. The first-order valence-corrected chi connectivity index (χ1v) is 11.3. The van der Waals surface area contributed by atoms with E-state index in [1.54, 1.807) is 24.3 Å². The van der Waals surface area contributed by atoms with E-state index in [1.165, 1.54) is 36.4 Å². The van der Waals surface area contributed by atoms with Gasteiger partial charge in [-0.15, -0.1) is 10.2 Å². The summed E-state index contributed by atoms with van der Waals surface area (Å²) in [6.45, 7) is 0. The van der Waals surface area contributed by atoms with Crippen molar-refractivity contribution in [3.8, 4) is 16.3 Å². The van der Waals surface area contributed by atoms with Crippen molar-refractivity contribution in [2.24, 2.45) is 0 Å². The van der Waals surface area contributed by atoms with Crippen molar-refractivity contribution in [3.05, 3.63) is 86.9 Å². The monoisotopic (exact) mass is 518 g/mol. The lowest BCUT2D eigenvalue weighted by atomic mass is 10.1. The molecule has 11 heteroatoms. The number of carbonyl (C=O) groups is 2. The molecular formula is C22H13Cl3N4O3S. The fraction of sp³-hybridized carbons (Fsp3) is 0. The average molecular weight is 520 g/mol. The second-order valence-electron chi connectivity index (χ2n) is 6.69. The van der Waals surface area contributed by atoms with Gasteiger partial charge < -0.3 is 10.4 Å². The Hall–Kier alpha value is -3.17. The number of nitrogens with zero attached hydrogens (tertiary/aromatic N) is 2. The third-order valence-corrected chi connectivity index (χ3v) is 6.05. The van der Waals surface area contributed by atoms with E-state index in [0.29, 0.717) is 37.4 Å². The molecule has 4 rings (SSSR count). The number of rotatable bonds is 5. The minimum atomic E-state index is -0.435. The maximum Gasteiger partial charge on any atom is 0.257 e. The summed E-state index contributed by atoms with van der Waals surface area (Å²) in [4.78, 5) is 24.9. The van der Waals surface area contributed by atoms with Crippen LogP contribution in [0.25, 0.3) is 10.6 Å². The molecule has 0 aliphatic heterocycles. The highest BCUT2D eigenvalue weighted by Gasteiger charge is 2.17. The summed E-state index contributed by atoms with van der Waals surface area (Å²) in [7, 11) is 0. The summed E-state index contributed by atoms with van der Waals surface area (Å²) >= 11 is 18.8. The Labute approximate surface area is 207 Å². The molecule has 0 aliphatic rings. The summed E-state index contributed by atoms with van der Waals surface area (Å²) in [5, 5.41) is 25.0. The second-order valence-corrected chi connectivity index (χ2v) is 8.95. The number of nitrogens with one attached hydrogen (secondary N) is 2. The number of aromatic nitrogens is 2. The molecule has 4 aromatic rings. The van der Waals surface area contributed by atoms with Crippen LogP contribution in [0.2, 0.25) is 15.1 Å². The Bertz CT molecular complexity index is 1340. The smallest absolute Gasteiger partial charge is 0.257 e. The Morgan fingerprint density at radius 1 is 0.788 bits per heavy atom. The molecule has 166 valence electrons. The highest BCUT2D eigenvalue weighted by atomic mass is 35.5. The van der Waals surface area contributed by atoms with Crippen LogP contribution >= 0.6 is 46.1 Å². The van der Waals surface area contributed by atoms with Gasteiger partial charge in [0.1, 0.15) is 5.75 Å². The van der Waals surface area contributed by atoms with Crippen molar-refractivity contribution in [3.63, 3.8) is 0 Å². The molecule has 3 aromatic carbocycles. The molecule has 0 saturated heterocycles. The first-order valence-electron chi connectivity index (χ1n) is 9.30. The van der Waals surface area contributed by atoms with Gasteiger partial charge in [0, 0.05) is 26.9 Å². The van der Waals surface area contributed by atoms with Crippen molar-refractivity contribution >= 4 is 68.8 Å². The van der Waals surface area contributed by atoms with Gasteiger partial charge in [0.25, 0.3) is 11.8 Å². The molecule has 1 aromatic heterocycles. The zero-order valence-electron chi connectivity index (χ0n) is 16.5. The SMILES string of the molecule is O=C(Nc1ccc(Cl)cc1)c1ccc(C(=O)Nc2nnc(-c3cc(Cl)cc(Cl)c3O)s2)cc1. The predicted octanol–water partition coefficient (Wildman–Crippen LogP) is 6.38. The van der Waals surface area contributed by atoms with Gasteiger partial charge in [0.15, 0.2) is 5.01 Å². The number of amides is 2. The van der Waals surface area contributed by atoms with Crippen molar-refractivity contribution in [1.82, 2.24) is 10.2 Å². The number of hydrogen-bond donors (Lipinski definition) is 3. The Morgan fingerprint density at radius 2 is 1.39 bits per heavy atom. The van der Waals surface area contributed by atoms with Crippen LogP contribution in [0.4, 0.5) is 10.8 Å². The molecule has 33 heavy (non-hydrogen) atoms. The quantitative estimate of drug-likeness (QED) is 0.284. The molecule has 0 fully saturated rings. The van der Waals surface area contributed by atoms with Gasteiger partial charge in [0.2, 0.25) is 5.13 Å². The number of halogens is 3. The van der Waals surface area contributed by atoms with Gasteiger partial charge in [-0.25, -0.2) is 0 Å². The van der Waals surface area contributed by atoms with Crippen molar-refractivity contribution in [2.75, 3.05) is 10.6 Å². The van der Waals surface area contributed by atoms with E-state index in [1.807, 2.05) is 0 Å². The highest BCUT2D eigenvalue weighted by molar-refractivity contribution is 7.18. The number of aromatic hydroxyl groups is 1. The van der Waals surface area contributed by atoms with Gasteiger partial charge in [-0.05, 0) is 60.7 Å². The normalized spacial score (nSPS) is 10.6. The van der Waals surface area contributed by atoms with Gasteiger partial charge in [0.05, 0.1) is 10.6 Å². The lowest BCUT2D eigenvalue weighted by Crippen LogP contribution is -2.14. The first kappa shape index (κ1) is 23.0. The Kier molecular flexibility index (Phi) is 6.80. The average Bonchev–Trinajstić information content (AvgIpc) is 3.26. The van der Waals surface area contributed by atoms with Crippen molar-refractivity contribution < 1.29 is 14.7 Å². The number of carbonyl (C=O) groups excluding carboxylic acids is 2. The predicted molar refractivity (Wildman–Crippen MR) is 131 cm³/mol. The van der Waals surface area contributed by atoms with Gasteiger partial charge in [-0.2, -0.15) is 0 Å². The maximum absolute atomic E-state index is 12.6. The van der Waals surface area contributed by atoms with Crippen LogP contribution in [0.3, 0.4) is 0 Å². The minimum absolute atomic E-state index is 0.0819. The standard InChI is InChI=1S/C22H13Cl3N4O3S/c23-13-5-7-15(8-6-13)26-19(31)11-1-3-12(4-2-11)20(32)27-22-29-28-21(33-22)16-9-14(24)10-17(25)18(16)30/h1-10,30H,(H,26,31)(H,27,29,32). The van der Waals surface area contributed by atoms with E-state index in [-0.39, 0.29) is 21.8 Å². The van der Waals surface area contributed by atoms with Gasteiger partial charge in [-0.3, -0.25) is 14.9 Å². The molecule has 0 spiro atoms. The van der Waals surface area contributed by atoms with Crippen LogP contribution in [-0.4, -0.2) is 27.1 Å². The minimum Gasteiger partial charge on any atom is -0.506 e. The third kappa shape index (κ3) is 5.43. The molecular weight excluding hydrogens is 507 g/mol. The first-order chi connectivity index (χ1) is 15.8. The van der Waals surface area contributed by atoms with Crippen LogP contribution in [0.5, 0.6) is 5.75 Å². The second kappa shape index (κ2) is 9.76. The van der Waals surface area contributed by atoms with Crippen LogP contribution < -0.4 is 10.6 Å². The number of hydrogen-bond acceptors (Lipinski definition) is 6. The third-order valence-electron chi connectivity index (χ3n) is 4.42. The van der Waals surface area contributed by atoms with Crippen LogP contribution in [-0.2, 0) is 0 Å². The van der Waals surface area contributed by atoms with E-state index in [4.69, 9.17) is 34.8 Å². The number of phenols is 1. The molecule has 3 N–H and O–H groups in total. The van der Waals surface area contributed by atoms with E-state index < -0.39 is 5.91 Å². The largest absolute Gasteiger partial charge is 0.506 e. The summed E-state index contributed by atoms with van der Waals surface area (Å²) in [5.41, 5.74) is 1.61. The molecule has 0 bridgehead atoms. The lowest BCUT2D eigenvalue weighted by molar-refractivity contribution is 0.101.